The van der Waals surface area contributed by atoms with E-state index in [0.717, 1.165) is 51.2 Å². The number of carbonyl (C=O) groups is 2. The van der Waals surface area contributed by atoms with E-state index in [1.54, 1.807) is 0 Å². The molecule has 1 N–H and O–H groups in total. The Hall–Kier alpha value is -1.64. The molecule has 0 aliphatic heterocycles. The van der Waals surface area contributed by atoms with Crippen LogP contribution in [0.4, 0.5) is 5.00 Å². The SMILES string of the molecule is CC=O.CCOC(=O)c1c(NC)sc2c(OCCN(CC)CC)c(Br)ccc12. The molecule has 2 aromatic rings. The largest absolute Gasteiger partial charge is 0.490 e. The van der Waals surface area contributed by atoms with Crippen LogP contribution in [0.1, 0.15) is 38.1 Å². The highest BCUT2D eigenvalue weighted by molar-refractivity contribution is 9.10. The van der Waals surface area contributed by atoms with Gasteiger partial charge in [0.05, 0.1) is 15.8 Å². The smallest absolute Gasteiger partial charge is 0.341 e. The van der Waals surface area contributed by atoms with Gasteiger partial charge in [0.25, 0.3) is 0 Å². The third-order valence-corrected chi connectivity index (χ3v) is 5.87. The van der Waals surface area contributed by atoms with E-state index in [-0.39, 0.29) is 5.97 Å². The Morgan fingerprint density at radius 2 is 1.93 bits per heavy atom. The molecule has 0 amide bonds. The lowest BCUT2D eigenvalue weighted by atomic mass is 10.1. The molecule has 0 saturated heterocycles. The van der Waals surface area contributed by atoms with E-state index in [4.69, 9.17) is 14.3 Å². The van der Waals surface area contributed by atoms with Gasteiger partial charge in [0.2, 0.25) is 0 Å². The molecule has 2 rings (SSSR count). The average Bonchev–Trinajstić information content (AvgIpc) is 3.06. The molecule has 0 spiro atoms. The first-order valence-corrected chi connectivity index (χ1v) is 10.9. The molecule has 1 aromatic carbocycles. The van der Waals surface area contributed by atoms with Crippen molar-refractivity contribution >= 4 is 54.6 Å². The number of nitrogens with zero attached hydrogens (tertiary/aromatic N) is 1. The summed E-state index contributed by atoms with van der Waals surface area (Å²) in [5.41, 5.74) is 0.574. The van der Waals surface area contributed by atoms with E-state index in [9.17, 15) is 4.79 Å². The van der Waals surface area contributed by atoms with Gasteiger partial charge in [-0.3, -0.25) is 0 Å². The first-order valence-electron chi connectivity index (χ1n) is 9.33. The van der Waals surface area contributed by atoms with Crippen molar-refractivity contribution in [1.29, 1.82) is 0 Å². The number of benzene rings is 1. The number of ether oxygens (including phenoxy) is 2. The van der Waals surface area contributed by atoms with E-state index < -0.39 is 0 Å². The van der Waals surface area contributed by atoms with E-state index in [1.807, 2.05) is 26.1 Å². The molecular weight excluding hydrogens is 444 g/mol. The number of likely N-dealkylation sites (N-methyl/N-ethyl adjacent to an activating group) is 1. The molecule has 0 fully saturated rings. The molecule has 0 aliphatic carbocycles. The van der Waals surface area contributed by atoms with Gasteiger partial charge in [-0.25, -0.2) is 4.79 Å². The van der Waals surface area contributed by atoms with Crippen LogP contribution in [0.25, 0.3) is 10.1 Å². The highest BCUT2D eigenvalue weighted by atomic mass is 79.9. The number of hydrogen-bond acceptors (Lipinski definition) is 7. The Labute approximate surface area is 179 Å². The van der Waals surface area contributed by atoms with Crippen molar-refractivity contribution in [3.63, 3.8) is 0 Å². The Kier molecular flexibility index (Phi) is 11.1. The highest BCUT2D eigenvalue weighted by Gasteiger charge is 2.23. The fraction of sp³-hybridized carbons (Fsp3) is 0.500. The lowest BCUT2D eigenvalue weighted by Crippen LogP contribution is -2.27. The number of carbonyl (C=O) groups excluding carboxylic acids is 2. The standard InChI is InChI=1S/C18H25BrN2O3S.C2H4O/c1-5-21(6-2)10-11-24-15-13(19)9-8-12-14(18(22)23-7-3)17(20-4)25-16(12)15;1-2-3/h8-9,20H,5-7,10-11H2,1-4H3;2H,1H3. The van der Waals surface area contributed by atoms with Crippen molar-refractivity contribution in [3.05, 3.63) is 22.2 Å². The van der Waals surface area contributed by atoms with Crippen LogP contribution in [0, 0.1) is 0 Å². The van der Waals surface area contributed by atoms with Gasteiger partial charge in [-0.2, -0.15) is 0 Å². The van der Waals surface area contributed by atoms with Crippen LogP contribution in [-0.2, 0) is 9.53 Å². The summed E-state index contributed by atoms with van der Waals surface area (Å²) in [6.45, 7) is 11.4. The summed E-state index contributed by atoms with van der Waals surface area (Å²) in [5, 5.41) is 4.75. The maximum absolute atomic E-state index is 12.4. The molecule has 0 unspecified atom stereocenters. The molecule has 0 aliphatic rings. The number of anilines is 1. The fourth-order valence-corrected chi connectivity index (χ4v) is 4.36. The van der Waals surface area contributed by atoms with E-state index in [2.05, 4.69) is 40.0 Å². The number of esters is 1. The van der Waals surface area contributed by atoms with E-state index >= 15 is 0 Å². The third kappa shape index (κ3) is 6.18. The van der Waals surface area contributed by atoms with Crippen molar-refractivity contribution in [2.75, 3.05) is 45.2 Å². The predicted molar refractivity (Wildman–Crippen MR) is 120 cm³/mol. The zero-order valence-corrected chi connectivity index (χ0v) is 19.5. The second-order valence-corrected chi connectivity index (χ2v) is 7.52. The minimum Gasteiger partial charge on any atom is -0.490 e. The Bertz CT molecular complexity index is 775. The molecule has 1 heterocycles. The van der Waals surface area contributed by atoms with Gasteiger partial charge in [-0.05, 0) is 48.9 Å². The molecular formula is C20H29BrN2O4S. The number of halogens is 1. The first kappa shape index (κ1) is 24.4. The predicted octanol–water partition coefficient (Wildman–Crippen LogP) is 4.81. The minimum absolute atomic E-state index is 0.311. The number of nitrogens with one attached hydrogen (secondary N) is 1. The molecule has 0 bridgehead atoms. The van der Waals surface area contributed by atoms with Crippen molar-refractivity contribution in [2.45, 2.75) is 27.7 Å². The highest BCUT2D eigenvalue weighted by Crippen LogP contribution is 2.44. The zero-order chi connectivity index (χ0) is 21.1. The molecule has 0 atom stereocenters. The molecule has 6 nitrogen and oxygen atoms in total. The van der Waals surface area contributed by atoms with E-state index in [0.29, 0.717) is 18.8 Å². The molecule has 1 aromatic heterocycles. The van der Waals surface area contributed by atoms with Crippen LogP contribution >= 0.6 is 27.3 Å². The quantitative estimate of drug-likeness (QED) is 0.417. The lowest BCUT2D eigenvalue weighted by Gasteiger charge is -2.18. The molecule has 156 valence electrons. The maximum atomic E-state index is 12.4. The Morgan fingerprint density at radius 3 is 2.46 bits per heavy atom. The van der Waals surface area contributed by atoms with Gasteiger partial charge in [0.1, 0.15) is 23.5 Å². The minimum atomic E-state index is -0.311. The van der Waals surface area contributed by atoms with Crippen molar-refractivity contribution < 1.29 is 19.1 Å². The van der Waals surface area contributed by atoms with E-state index in [1.165, 1.54) is 18.3 Å². The molecule has 0 radical (unpaired) electrons. The van der Waals surface area contributed by atoms with Crippen molar-refractivity contribution in [2.24, 2.45) is 0 Å². The first-order chi connectivity index (χ1) is 13.5. The van der Waals surface area contributed by atoms with Crippen LogP contribution in [0.15, 0.2) is 16.6 Å². The number of aldehydes is 1. The summed E-state index contributed by atoms with van der Waals surface area (Å²) in [5.74, 6) is 0.469. The van der Waals surface area contributed by atoms with Gasteiger partial charge in [0, 0.05) is 19.0 Å². The maximum Gasteiger partial charge on any atom is 0.341 e. The van der Waals surface area contributed by atoms with Gasteiger partial charge in [-0.15, -0.1) is 11.3 Å². The summed E-state index contributed by atoms with van der Waals surface area (Å²) in [4.78, 5) is 23.5. The fourth-order valence-electron chi connectivity index (χ4n) is 2.65. The van der Waals surface area contributed by atoms with Crippen LogP contribution in [0.2, 0.25) is 0 Å². The summed E-state index contributed by atoms with van der Waals surface area (Å²) < 4.78 is 13.1. The summed E-state index contributed by atoms with van der Waals surface area (Å²) in [6.07, 6.45) is 0.750. The van der Waals surface area contributed by atoms with Crippen molar-refractivity contribution in [1.82, 2.24) is 4.90 Å². The van der Waals surface area contributed by atoms with Crippen LogP contribution < -0.4 is 10.1 Å². The second-order valence-electron chi connectivity index (χ2n) is 5.64. The second kappa shape index (κ2) is 12.7. The number of thiophene rings is 1. The summed E-state index contributed by atoms with van der Waals surface area (Å²) in [6, 6.07) is 3.85. The normalized spacial score (nSPS) is 10.4. The lowest BCUT2D eigenvalue weighted by molar-refractivity contribution is -0.106. The van der Waals surface area contributed by atoms with Crippen LogP contribution in [-0.4, -0.2) is 57.1 Å². The van der Waals surface area contributed by atoms with Crippen molar-refractivity contribution in [3.8, 4) is 5.75 Å². The van der Waals surface area contributed by atoms with Crippen LogP contribution in [0.3, 0.4) is 0 Å². The number of fused-ring (bicyclic) bond motifs is 1. The van der Waals surface area contributed by atoms with Gasteiger partial charge >= 0.3 is 5.97 Å². The summed E-state index contributed by atoms with van der Waals surface area (Å²) >= 11 is 5.08. The molecule has 0 saturated carbocycles. The number of rotatable bonds is 9. The topological polar surface area (TPSA) is 67.9 Å². The van der Waals surface area contributed by atoms with Crippen LogP contribution in [0.5, 0.6) is 5.75 Å². The van der Waals surface area contributed by atoms with Gasteiger partial charge in [-0.1, -0.05) is 19.9 Å². The molecule has 28 heavy (non-hydrogen) atoms. The van der Waals surface area contributed by atoms with Gasteiger partial charge < -0.3 is 24.5 Å². The third-order valence-electron chi connectivity index (χ3n) is 4.02. The Balaban J connectivity index is 0.00000122. The van der Waals surface area contributed by atoms with Gasteiger partial charge in [0.15, 0.2) is 5.75 Å². The summed E-state index contributed by atoms with van der Waals surface area (Å²) in [7, 11) is 1.81. The zero-order valence-electron chi connectivity index (χ0n) is 17.1. The number of hydrogen-bond donors (Lipinski definition) is 1. The Morgan fingerprint density at radius 1 is 1.29 bits per heavy atom. The average molecular weight is 473 g/mol. The molecule has 8 heteroatoms. The monoisotopic (exact) mass is 472 g/mol.